The van der Waals surface area contributed by atoms with E-state index >= 15 is 0 Å². The summed E-state index contributed by atoms with van der Waals surface area (Å²) in [5, 5.41) is 0. The summed E-state index contributed by atoms with van der Waals surface area (Å²) in [6.07, 6.45) is 3.69. The summed E-state index contributed by atoms with van der Waals surface area (Å²) >= 11 is 0. The molecule has 1 aliphatic carbocycles. The Morgan fingerprint density at radius 1 is 1.41 bits per heavy atom. The van der Waals surface area contributed by atoms with Gasteiger partial charge in [-0.2, -0.15) is 0 Å². The molecule has 1 saturated heterocycles. The van der Waals surface area contributed by atoms with E-state index in [1.54, 1.807) is 0 Å². The first-order valence-corrected chi connectivity index (χ1v) is 6.44. The minimum atomic E-state index is -1.15. The Bertz CT molecular complexity index is 301. The lowest BCUT2D eigenvalue weighted by Gasteiger charge is -2.44. The van der Waals surface area contributed by atoms with Crippen LogP contribution in [0.1, 0.15) is 46.5 Å². The van der Waals surface area contributed by atoms with Gasteiger partial charge in [-0.1, -0.05) is 12.8 Å². The Balaban J connectivity index is 1.71. The van der Waals surface area contributed by atoms with Crippen LogP contribution in [-0.4, -0.2) is 35.4 Å². The van der Waals surface area contributed by atoms with E-state index in [-0.39, 0.29) is 13.1 Å². The van der Waals surface area contributed by atoms with E-state index in [4.69, 9.17) is 4.74 Å². The molecule has 2 fully saturated rings. The predicted molar refractivity (Wildman–Crippen MR) is 63.6 cm³/mol. The van der Waals surface area contributed by atoms with Gasteiger partial charge in [-0.25, -0.2) is 9.18 Å². The highest BCUT2D eigenvalue weighted by atomic mass is 19.1. The molecule has 1 aliphatic heterocycles. The van der Waals surface area contributed by atoms with Gasteiger partial charge in [0, 0.05) is 0 Å². The van der Waals surface area contributed by atoms with Crippen molar-refractivity contribution in [3.8, 4) is 0 Å². The zero-order valence-corrected chi connectivity index (χ0v) is 11.0. The molecule has 2 rings (SSSR count). The van der Waals surface area contributed by atoms with Gasteiger partial charge in [-0.05, 0) is 39.5 Å². The fourth-order valence-corrected chi connectivity index (χ4v) is 2.12. The summed E-state index contributed by atoms with van der Waals surface area (Å²) in [5.41, 5.74) is -1.65. The van der Waals surface area contributed by atoms with E-state index < -0.39 is 17.4 Å². The van der Waals surface area contributed by atoms with Crippen LogP contribution in [0.2, 0.25) is 0 Å². The summed E-state index contributed by atoms with van der Waals surface area (Å²) in [5.74, 6) is 0.748. The monoisotopic (exact) mass is 243 g/mol. The molecule has 0 bridgehead atoms. The first kappa shape index (κ1) is 12.7. The standard InChI is InChI=1S/C13H22FNO2/c1-12(2,3)17-11(16)15-8-13(14,9-15)7-6-10-4-5-10/h10H,4-9H2,1-3H3. The average molecular weight is 243 g/mol. The maximum Gasteiger partial charge on any atom is 0.410 e. The molecule has 2 aliphatic rings. The highest BCUT2D eigenvalue weighted by molar-refractivity contribution is 5.69. The number of ether oxygens (including phenoxy) is 1. The number of amides is 1. The Kier molecular flexibility index (Phi) is 3.08. The second-order valence-electron chi connectivity index (χ2n) is 6.47. The SMILES string of the molecule is CC(C)(C)OC(=O)N1CC(F)(CCC2CC2)C1. The third-order valence-electron chi connectivity index (χ3n) is 3.30. The normalized spacial score (nSPS) is 23.2. The van der Waals surface area contributed by atoms with Crippen LogP contribution in [-0.2, 0) is 4.74 Å². The van der Waals surface area contributed by atoms with E-state index in [9.17, 15) is 9.18 Å². The van der Waals surface area contributed by atoms with Crippen molar-refractivity contribution >= 4 is 6.09 Å². The molecule has 0 spiro atoms. The zero-order chi connectivity index (χ0) is 12.7. The topological polar surface area (TPSA) is 29.5 Å². The van der Waals surface area contributed by atoms with Crippen LogP contribution in [0, 0.1) is 5.92 Å². The molecule has 1 saturated carbocycles. The molecule has 1 amide bonds. The Labute approximate surface area is 102 Å². The minimum Gasteiger partial charge on any atom is -0.444 e. The van der Waals surface area contributed by atoms with Crippen molar-refractivity contribution in [3.63, 3.8) is 0 Å². The fourth-order valence-electron chi connectivity index (χ4n) is 2.12. The number of hydrogen-bond donors (Lipinski definition) is 0. The number of carbonyl (C=O) groups excluding carboxylic acids is 1. The van der Waals surface area contributed by atoms with Crippen molar-refractivity contribution < 1.29 is 13.9 Å². The van der Waals surface area contributed by atoms with E-state index in [0.717, 1.165) is 12.3 Å². The molecule has 17 heavy (non-hydrogen) atoms. The molecule has 4 heteroatoms. The molecule has 0 atom stereocenters. The van der Waals surface area contributed by atoms with E-state index in [0.29, 0.717) is 6.42 Å². The van der Waals surface area contributed by atoms with E-state index in [1.165, 1.54) is 17.7 Å². The number of carbonyl (C=O) groups is 1. The van der Waals surface area contributed by atoms with Gasteiger partial charge in [0.05, 0.1) is 13.1 Å². The van der Waals surface area contributed by atoms with Gasteiger partial charge in [0.1, 0.15) is 11.3 Å². The molecule has 0 aromatic heterocycles. The molecular weight excluding hydrogens is 221 g/mol. The van der Waals surface area contributed by atoms with Crippen LogP contribution in [0.3, 0.4) is 0 Å². The van der Waals surface area contributed by atoms with Gasteiger partial charge >= 0.3 is 6.09 Å². The smallest absolute Gasteiger partial charge is 0.410 e. The maximum atomic E-state index is 14.1. The number of alkyl halides is 1. The molecule has 98 valence electrons. The van der Waals surface area contributed by atoms with Crippen molar-refractivity contribution in [1.29, 1.82) is 0 Å². The molecule has 0 N–H and O–H groups in total. The molecule has 3 nitrogen and oxygen atoms in total. The summed E-state index contributed by atoms with van der Waals surface area (Å²) in [4.78, 5) is 13.1. The van der Waals surface area contributed by atoms with Crippen molar-refractivity contribution in [2.45, 2.75) is 57.7 Å². The lowest BCUT2D eigenvalue weighted by Crippen LogP contribution is -2.61. The summed E-state index contributed by atoms with van der Waals surface area (Å²) in [6.45, 7) is 5.87. The first-order chi connectivity index (χ1) is 7.77. The number of rotatable bonds is 3. The van der Waals surface area contributed by atoms with Crippen LogP contribution in [0.4, 0.5) is 9.18 Å². The number of halogens is 1. The van der Waals surface area contributed by atoms with Crippen LogP contribution in [0.25, 0.3) is 0 Å². The third-order valence-corrected chi connectivity index (χ3v) is 3.30. The second kappa shape index (κ2) is 4.14. The highest BCUT2D eigenvalue weighted by Crippen LogP contribution is 2.39. The van der Waals surface area contributed by atoms with Gasteiger partial charge in [0.15, 0.2) is 0 Å². The Hall–Kier alpha value is -0.800. The lowest BCUT2D eigenvalue weighted by molar-refractivity contribution is -0.0554. The second-order valence-corrected chi connectivity index (χ2v) is 6.47. The van der Waals surface area contributed by atoms with Gasteiger partial charge in [-0.3, -0.25) is 0 Å². The van der Waals surface area contributed by atoms with Crippen molar-refractivity contribution in [2.75, 3.05) is 13.1 Å². The molecule has 0 radical (unpaired) electrons. The largest absolute Gasteiger partial charge is 0.444 e. The molecular formula is C13H22FNO2. The van der Waals surface area contributed by atoms with Crippen LogP contribution in [0.15, 0.2) is 0 Å². The number of nitrogens with zero attached hydrogens (tertiary/aromatic N) is 1. The molecule has 0 aromatic rings. The molecule has 1 heterocycles. The van der Waals surface area contributed by atoms with E-state index in [2.05, 4.69) is 0 Å². The Morgan fingerprint density at radius 3 is 2.47 bits per heavy atom. The first-order valence-electron chi connectivity index (χ1n) is 6.44. The maximum absolute atomic E-state index is 14.1. The summed E-state index contributed by atoms with van der Waals surface area (Å²) in [7, 11) is 0. The van der Waals surface area contributed by atoms with Crippen molar-refractivity contribution in [1.82, 2.24) is 4.90 Å². The molecule has 0 unspecified atom stereocenters. The van der Waals surface area contributed by atoms with Gasteiger partial charge in [0.2, 0.25) is 0 Å². The van der Waals surface area contributed by atoms with Crippen molar-refractivity contribution in [3.05, 3.63) is 0 Å². The Morgan fingerprint density at radius 2 is 2.00 bits per heavy atom. The van der Waals surface area contributed by atoms with Gasteiger partial charge < -0.3 is 9.64 Å². The number of hydrogen-bond acceptors (Lipinski definition) is 2. The average Bonchev–Trinajstić information content (AvgIpc) is 2.90. The summed E-state index contributed by atoms with van der Waals surface area (Å²) in [6, 6.07) is 0. The zero-order valence-electron chi connectivity index (χ0n) is 11.0. The molecule has 0 aromatic carbocycles. The van der Waals surface area contributed by atoms with Crippen molar-refractivity contribution in [2.24, 2.45) is 5.92 Å². The lowest BCUT2D eigenvalue weighted by atomic mass is 9.90. The van der Waals surface area contributed by atoms with E-state index in [1.807, 2.05) is 20.8 Å². The third kappa shape index (κ3) is 3.58. The van der Waals surface area contributed by atoms with Crippen LogP contribution in [0.5, 0.6) is 0 Å². The predicted octanol–water partition coefficient (Wildman–Crippen LogP) is 3.14. The quantitative estimate of drug-likeness (QED) is 0.762. The van der Waals surface area contributed by atoms with Gasteiger partial charge in [0.25, 0.3) is 0 Å². The van der Waals surface area contributed by atoms with Gasteiger partial charge in [-0.15, -0.1) is 0 Å². The summed E-state index contributed by atoms with van der Waals surface area (Å²) < 4.78 is 19.3. The number of likely N-dealkylation sites (tertiary alicyclic amines) is 1. The van der Waals surface area contributed by atoms with Crippen LogP contribution >= 0.6 is 0 Å². The highest BCUT2D eigenvalue weighted by Gasteiger charge is 2.47. The van der Waals surface area contributed by atoms with Crippen LogP contribution < -0.4 is 0 Å². The fraction of sp³-hybridized carbons (Fsp3) is 0.923. The minimum absolute atomic E-state index is 0.203.